The van der Waals surface area contributed by atoms with E-state index in [0.29, 0.717) is 11.4 Å². The average Bonchev–Trinajstić information content (AvgIpc) is 2.60. The van der Waals surface area contributed by atoms with Gasteiger partial charge in [0.25, 0.3) is 11.6 Å². The molecule has 0 fully saturated rings. The monoisotopic (exact) mass is 407 g/mol. The molecule has 0 radical (unpaired) electrons. The first-order valence-corrected chi connectivity index (χ1v) is 8.27. The van der Waals surface area contributed by atoms with E-state index in [1.807, 2.05) is 19.1 Å². The minimum Gasteiger partial charge on any atom is -0.496 e. The molecule has 0 saturated carbocycles. The van der Waals surface area contributed by atoms with Crippen LogP contribution in [0.2, 0.25) is 0 Å². The Morgan fingerprint density at radius 2 is 2.00 bits per heavy atom. The molecule has 0 aliphatic heterocycles. The van der Waals surface area contributed by atoms with E-state index >= 15 is 0 Å². The third-order valence-electron chi connectivity index (χ3n) is 3.75. The summed E-state index contributed by atoms with van der Waals surface area (Å²) >= 11 is 3.41. The molecule has 0 heterocycles. The van der Waals surface area contributed by atoms with Gasteiger partial charge in [-0.05, 0) is 52.7 Å². The van der Waals surface area contributed by atoms with Gasteiger partial charge in [-0.15, -0.1) is 0 Å². The standard InChI is InChI=1S/C17H18BrN3O4/c1-10(11-5-7-16(25-3)13(18)8-11)20-17(22)12-4-6-14(19-2)15(9-12)21(23)24/h4-10,19H,1-3H3,(H,20,22)/t10-/m1/s1. The molecule has 8 heteroatoms. The van der Waals surface area contributed by atoms with Gasteiger partial charge in [-0.2, -0.15) is 0 Å². The fourth-order valence-corrected chi connectivity index (χ4v) is 2.91. The van der Waals surface area contributed by atoms with Crippen LogP contribution in [0.15, 0.2) is 40.9 Å². The summed E-state index contributed by atoms with van der Waals surface area (Å²) in [5.74, 6) is 0.311. The van der Waals surface area contributed by atoms with Gasteiger partial charge in [-0.1, -0.05) is 6.07 Å². The number of anilines is 1. The number of nitrogens with zero attached hydrogens (tertiary/aromatic N) is 1. The summed E-state index contributed by atoms with van der Waals surface area (Å²) in [6.07, 6.45) is 0. The molecular weight excluding hydrogens is 390 g/mol. The van der Waals surface area contributed by atoms with Crippen molar-refractivity contribution in [3.8, 4) is 5.75 Å². The number of amides is 1. The zero-order valence-corrected chi connectivity index (χ0v) is 15.6. The van der Waals surface area contributed by atoms with E-state index in [-0.39, 0.29) is 23.2 Å². The molecule has 2 aromatic carbocycles. The first-order chi connectivity index (χ1) is 11.9. The van der Waals surface area contributed by atoms with E-state index in [1.54, 1.807) is 26.3 Å². The van der Waals surface area contributed by atoms with Crippen molar-refractivity contribution in [2.45, 2.75) is 13.0 Å². The number of nitrogens with one attached hydrogen (secondary N) is 2. The predicted octanol–water partition coefficient (Wildman–Crippen LogP) is 3.90. The Hall–Kier alpha value is -2.61. The Kier molecular flexibility index (Phi) is 5.97. The molecule has 2 aromatic rings. The van der Waals surface area contributed by atoms with Gasteiger partial charge in [0.1, 0.15) is 11.4 Å². The molecule has 7 nitrogen and oxygen atoms in total. The van der Waals surface area contributed by atoms with Crippen LogP contribution < -0.4 is 15.4 Å². The highest BCUT2D eigenvalue weighted by atomic mass is 79.9. The maximum Gasteiger partial charge on any atom is 0.293 e. The molecule has 0 aliphatic rings. The lowest BCUT2D eigenvalue weighted by Gasteiger charge is -2.16. The summed E-state index contributed by atoms with van der Waals surface area (Å²) in [5.41, 5.74) is 1.32. The van der Waals surface area contributed by atoms with Gasteiger partial charge >= 0.3 is 0 Å². The number of hydrogen-bond donors (Lipinski definition) is 2. The van der Waals surface area contributed by atoms with E-state index in [2.05, 4.69) is 26.6 Å². The van der Waals surface area contributed by atoms with Crippen LogP contribution in [-0.4, -0.2) is 25.0 Å². The lowest BCUT2D eigenvalue weighted by Crippen LogP contribution is -2.26. The minimum absolute atomic E-state index is 0.144. The van der Waals surface area contributed by atoms with Crippen molar-refractivity contribution in [2.24, 2.45) is 0 Å². The third kappa shape index (κ3) is 4.27. The number of halogens is 1. The highest BCUT2D eigenvalue weighted by Crippen LogP contribution is 2.29. The fourth-order valence-electron chi connectivity index (χ4n) is 2.35. The normalized spacial score (nSPS) is 11.5. The van der Waals surface area contributed by atoms with Crippen LogP contribution in [-0.2, 0) is 0 Å². The number of carbonyl (C=O) groups excluding carboxylic acids is 1. The highest BCUT2D eigenvalue weighted by molar-refractivity contribution is 9.10. The zero-order chi connectivity index (χ0) is 18.6. The summed E-state index contributed by atoms with van der Waals surface area (Å²) < 4.78 is 5.96. The summed E-state index contributed by atoms with van der Waals surface area (Å²) in [7, 11) is 3.17. The van der Waals surface area contributed by atoms with Crippen LogP contribution in [0, 0.1) is 10.1 Å². The number of carbonyl (C=O) groups is 1. The molecule has 0 saturated heterocycles. The van der Waals surface area contributed by atoms with Crippen molar-refractivity contribution in [1.29, 1.82) is 0 Å². The summed E-state index contributed by atoms with van der Waals surface area (Å²) in [6, 6.07) is 9.55. The van der Waals surface area contributed by atoms with Crippen LogP contribution in [0.25, 0.3) is 0 Å². The SMILES string of the molecule is CNc1ccc(C(=O)N[C@H](C)c2ccc(OC)c(Br)c2)cc1[N+](=O)[O-]. The lowest BCUT2D eigenvalue weighted by molar-refractivity contribution is -0.384. The molecule has 2 rings (SSSR count). The Balaban J connectivity index is 2.20. The minimum atomic E-state index is -0.521. The zero-order valence-electron chi connectivity index (χ0n) is 14.0. The van der Waals surface area contributed by atoms with E-state index < -0.39 is 4.92 Å². The van der Waals surface area contributed by atoms with Crippen LogP contribution in [0.4, 0.5) is 11.4 Å². The Morgan fingerprint density at radius 3 is 2.56 bits per heavy atom. The van der Waals surface area contributed by atoms with Gasteiger partial charge in [0.2, 0.25) is 0 Å². The second-order valence-electron chi connectivity index (χ2n) is 5.33. The van der Waals surface area contributed by atoms with Crippen molar-refractivity contribution in [1.82, 2.24) is 5.32 Å². The molecule has 2 N–H and O–H groups in total. The van der Waals surface area contributed by atoms with Crippen LogP contribution in [0.1, 0.15) is 28.9 Å². The molecular formula is C17H18BrN3O4. The van der Waals surface area contributed by atoms with Gasteiger partial charge in [-0.3, -0.25) is 14.9 Å². The summed E-state index contributed by atoms with van der Waals surface area (Å²) in [4.78, 5) is 23.0. The molecule has 25 heavy (non-hydrogen) atoms. The number of ether oxygens (including phenoxy) is 1. The first kappa shape index (κ1) is 18.7. The van der Waals surface area contributed by atoms with Gasteiger partial charge in [0.15, 0.2) is 0 Å². The van der Waals surface area contributed by atoms with Crippen LogP contribution in [0.3, 0.4) is 0 Å². The maximum atomic E-state index is 12.4. The smallest absolute Gasteiger partial charge is 0.293 e. The molecule has 132 valence electrons. The van der Waals surface area contributed by atoms with Crippen molar-refractivity contribution in [3.05, 3.63) is 62.1 Å². The number of nitro benzene ring substituents is 1. The summed E-state index contributed by atoms with van der Waals surface area (Å²) in [5, 5.41) is 16.7. The predicted molar refractivity (Wildman–Crippen MR) is 99.2 cm³/mol. The highest BCUT2D eigenvalue weighted by Gasteiger charge is 2.18. The number of rotatable bonds is 6. The van der Waals surface area contributed by atoms with E-state index in [4.69, 9.17) is 4.74 Å². The largest absolute Gasteiger partial charge is 0.496 e. The Morgan fingerprint density at radius 1 is 1.28 bits per heavy atom. The van der Waals surface area contributed by atoms with Crippen molar-refractivity contribution in [3.63, 3.8) is 0 Å². The topological polar surface area (TPSA) is 93.5 Å². The number of methoxy groups -OCH3 is 1. The van der Waals surface area contributed by atoms with E-state index in [0.717, 1.165) is 10.0 Å². The quantitative estimate of drug-likeness (QED) is 0.559. The van der Waals surface area contributed by atoms with Gasteiger partial charge in [0.05, 0.1) is 22.5 Å². The molecule has 0 spiro atoms. The molecule has 1 atom stereocenters. The molecule has 0 unspecified atom stereocenters. The Labute approximate surface area is 153 Å². The van der Waals surface area contributed by atoms with Crippen LogP contribution in [0.5, 0.6) is 5.75 Å². The molecule has 0 aliphatic carbocycles. The second kappa shape index (κ2) is 7.98. The van der Waals surface area contributed by atoms with Crippen molar-refractivity contribution >= 4 is 33.2 Å². The van der Waals surface area contributed by atoms with Gasteiger partial charge in [-0.25, -0.2) is 0 Å². The number of benzene rings is 2. The maximum absolute atomic E-state index is 12.4. The summed E-state index contributed by atoms with van der Waals surface area (Å²) in [6.45, 7) is 1.84. The van der Waals surface area contributed by atoms with E-state index in [9.17, 15) is 14.9 Å². The first-order valence-electron chi connectivity index (χ1n) is 7.48. The van der Waals surface area contributed by atoms with Crippen LogP contribution >= 0.6 is 15.9 Å². The lowest BCUT2D eigenvalue weighted by atomic mass is 10.1. The fraction of sp³-hybridized carbons (Fsp3) is 0.235. The number of hydrogen-bond acceptors (Lipinski definition) is 5. The van der Waals surface area contributed by atoms with Gasteiger partial charge < -0.3 is 15.4 Å². The molecule has 0 bridgehead atoms. The second-order valence-corrected chi connectivity index (χ2v) is 6.18. The molecule has 1 amide bonds. The van der Waals surface area contributed by atoms with Crippen molar-refractivity contribution in [2.75, 3.05) is 19.5 Å². The third-order valence-corrected chi connectivity index (χ3v) is 4.37. The van der Waals surface area contributed by atoms with E-state index in [1.165, 1.54) is 12.1 Å². The Bertz CT molecular complexity index is 810. The van der Waals surface area contributed by atoms with Crippen molar-refractivity contribution < 1.29 is 14.5 Å². The van der Waals surface area contributed by atoms with Gasteiger partial charge in [0, 0.05) is 18.7 Å². The number of nitro groups is 1. The molecule has 0 aromatic heterocycles. The average molecular weight is 408 g/mol.